The molecule has 0 radical (unpaired) electrons. The van der Waals surface area contributed by atoms with E-state index >= 15 is 0 Å². The van der Waals surface area contributed by atoms with Crippen LogP contribution in [-0.2, 0) is 0 Å². The Morgan fingerprint density at radius 1 is 1.00 bits per heavy atom. The van der Waals surface area contributed by atoms with Crippen molar-refractivity contribution in [1.29, 1.82) is 0 Å². The average molecular weight is 297 g/mol. The summed E-state index contributed by atoms with van der Waals surface area (Å²) in [7, 11) is 1.71. The minimum absolute atomic E-state index is 0.797. The Kier molecular flexibility index (Phi) is 6.48. The molecule has 20 heavy (non-hydrogen) atoms. The summed E-state index contributed by atoms with van der Waals surface area (Å²) < 4.78 is 5.20. The predicted octanol–water partition coefficient (Wildman–Crippen LogP) is 3.23. The number of hydrogen-bond acceptors (Lipinski definition) is 3. The van der Waals surface area contributed by atoms with Gasteiger partial charge in [-0.1, -0.05) is 6.42 Å². The van der Waals surface area contributed by atoms with Gasteiger partial charge in [0.25, 0.3) is 0 Å². The number of ether oxygens (including phenoxy) is 1. The van der Waals surface area contributed by atoms with E-state index < -0.39 is 0 Å². The number of unbranched alkanes of at least 4 members (excludes halogenated alkanes) is 2. The van der Waals surface area contributed by atoms with Crippen LogP contribution in [0.5, 0.6) is 5.75 Å². The van der Waals surface area contributed by atoms with Crippen LogP contribution in [0, 0.1) is 0 Å². The van der Waals surface area contributed by atoms with Crippen molar-refractivity contribution in [3.63, 3.8) is 0 Å². The van der Waals surface area contributed by atoms with Gasteiger partial charge in [-0.15, -0.1) is 11.6 Å². The smallest absolute Gasteiger partial charge is 0.119 e. The monoisotopic (exact) mass is 296 g/mol. The molecule has 3 nitrogen and oxygen atoms in total. The molecule has 1 aromatic carbocycles. The van der Waals surface area contributed by atoms with Gasteiger partial charge in [-0.3, -0.25) is 4.90 Å². The number of anilines is 1. The lowest BCUT2D eigenvalue weighted by Crippen LogP contribution is -2.46. The lowest BCUT2D eigenvalue weighted by atomic mass is 10.2. The highest BCUT2D eigenvalue weighted by Gasteiger charge is 2.16. The second-order valence-electron chi connectivity index (χ2n) is 5.28. The third-order valence-corrected chi connectivity index (χ3v) is 4.19. The maximum absolute atomic E-state index is 5.70. The number of hydrogen-bond donors (Lipinski definition) is 0. The highest BCUT2D eigenvalue weighted by atomic mass is 35.5. The van der Waals surface area contributed by atoms with E-state index in [1.54, 1.807) is 7.11 Å². The number of benzene rings is 1. The minimum Gasteiger partial charge on any atom is -0.497 e. The molecule has 0 spiro atoms. The van der Waals surface area contributed by atoms with Gasteiger partial charge in [0.2, 0.25) is 0 Å². The molecule has 1 fully saturated rings. The van der Waals surface area contributed by atoms with Crippen LogP contribution in [0.15, 0.2) is 24.3 Å². The van der Waals surface area contributed by atoms with E-state index in [0.717, 1.165) is 44.2 Å². The molecule has 0 N–H and O–H groups in total. The first-order chi connectivity index (χ1) is 9.83. The normalized spacial score (nSPS) is 16.4. The number of halogens is 1. The van der Waals surface area contributed by atoms with E-state index in [0.29, 0.717) is 0 Å². The SMILES string of the molecule is COc1ccc(N2CCN(CCCCCCl)CC2)cc1. The molecule has 1 saturated heterocycles. The van der Waals surface area contributed by atoms with Crippen LogP contribution in [0.1, 0.15) is 19.3 Å². The molecule has 4 heteroatoms. The van der Waals surface area contributed by atoms with Crippen molar-refractivity contribution in [3.8, 4) is 5.75 Å². The highest BCUT2D eigenvalue weighted by molar-refractivity contribution is 6.17. The van der Waals surface area contributed by atoms with Crippen LogP contribution < -0.4 is 9.64 Å². The van der Waals surface area contributed by atoms with Crippen molar-refractivity contribution in [2.24, 2.45) is 0 Å². The molecule has 0 saturated carbocycles. The Balaban J connectivity index is 1.73. The Morgan fingerprint density at radius 2 is 1.70 bits per heavy atom. The number of methoxy groups -OCH3 is 1. The zero-order valence-electron chi connectivity index (χ0n) is 12.4. The first kappa shape index (κ1) is 15.5. The Hall–Kier alpha value is -0.930. The first-order valence-electron chi connectivity index (χ1n) is 7.51. The number of alkyl halides is 1. The van der Waals surface area contributed by atoms with Crippen molar-refractivity contribution >= 4 is 17.3 Å². The lowest BCUT2D eigenvalue weighted by Gasteiger charge is -2.36. The fraction of sp³-hybridized carbons (Fsp3) is 0.625. The van der Waals surface area contributed by atoms with Gasteiger partial charge in [-0.2, -0.15) is 0 Å². The average Bonchev–Trinajstić information content (AvgIpc) is 2.52. The summed E-state index contributed by atoms with van der Waals surface area (Å²) in [4.78, 5) is 5.02. The summed E-state index contributed by atoms with van der Waals surface area (Å²) in [5, 5.41) is 0. The quantitative estimate of drug-likeness (QED) is 0.567. The van der Waals surface area contributed by atoms with Crippen molar-refractivity contribution in [2.75, 3.05) is 50.6 Å². The van der Waals surface area contributed by atoms with Crippen LogP contribution in [-0.4, -0.2) is 50.6 Å². The van der Waals surface area contributed by atoms with Crippen molar-refractivity contribution in [1.82, 2.24) is 4.90 Å². The first-order valence-corrected chi connectivity index (χ1v) is 8.04. The molecule has 2 rings (SSSR count). The Morgan fingerprint density at radius 3 is 2.30 bits per heavy atom. The molecule has 0 amide bonds. The zero-order chi connectivity index (χ0) is 14.2. The Labute approximate surface area is 127 Å². The van der Waals surface area contributed by atoms with Gasteiger partial charge >= 0.3 is 0 Å². The van der Waals surface area contributed by atoms with E-state index in [1.807, 2.05) is 12.1 Å². The molecule has 1 aliphatic heterocycles. The lowest BCUT2D eigenvalue weighted by molar-refractivity contribution is 0.253. The topological polar surface area (TPSA) is 15.7 Å². The second kappa shape index (κ2) is 8.38. The molecule has 0 unspecified atom stereocenters. The fourth-order valence-corrected chi connectivity index (χ4v) is 2.82. The molecule has 0 aliphatic carbocycles. The summed E-state index contributed by atoms with van der Waals surface area (Å²) >= 11 is 5.70. The van der Waals surface area contributed by atoms with Gasteiger partial charge in [-0.25, -0.2) is 0 Å². The third kappa shape index (κ3) is 4.57. The van der Waals surface area contributed by atoms with Crippen molar-refractivity contribution < 1.29 is 4.74 Å². The van der Waals surface area contributed by atoms with Crippen LogP contribution in [0.3, 0.4) is 0 Å². The highest BCUT2D eigenvalue weighted by Crippen LogP contribution is 2.20. The van der Waals surface area contributed by atoms with E-state index in [9.17, 15) is 0 Å². The molecule has 1 heterocycles. The summed E-state index contributed by atoms with van der Waals surface area (Å²) in [5.41, 5.74) is 1.30. The summed E-state index contributed by atoms with van der Waals surface area (Å²) in [6, 6.07) is 8.37. The second-order valence-corrected chi connectivity index (χ2v) is 5.65. The maximum atomic E-state index is 5.70. The van der Waals surface area contributed by atoms with Gasteiger partial charge in [0.1, 0.15) is 5.75 Å². The van der Waals surface area contributed by atoms with Crippen molar-refractivity contribution in [3.05, 3.63) is 24.3 Å². The van der Waals surface area contributed by atoms with Gasteiger partial charge in [0.15, 0.2) is 0 Å². The molecule has 112 valence electrons. The van der Waals surface area contributed by atoms with E-state index in [1.165, 1.54) is 25.1 Å². The van der Waals surface area contributed by atoms with Gasteiger partial charge in [0.05, 0.1) is 7.11 Å². The summed E-state index contributed by atoms with van der Waals surface area (Å²) in [6.07, 6.45) is 3.67. The van der Waals surface area contributed by atoms with Crippen LogP contribution in [0.4, 0.5) is 5.69 Å². The molecule has 1 aliphatic rings. The van der Waals surface area contributed by atoms with E-state index in [4.69, 9.17) is 16.3 Å². The van der Waals surface area contributed by atoms with Crippen LogP contribution in [0.2, 0.25) is 0 Å². The van der Waals surface area contributed by atoms with Crippen LogP contribution >= 0.6 is 11.6 Å². The maximum Gasteiger partial charge on any atom is 0.119 e. The molecular formula is C16H25ClN2O. The minimum atomic E-state index is 0.797. The van der Waals surface area contributed by atoms with Crippen molar-refractivity contribution in [2.45, 2.75) is 19.3 Å². The molecule has 1 aromatic rings. The standard InChI is InChI=1S/C16H25ClN2O/c1-20-16-7-5-15(6-8-16)19-13-11-18(12-14-19)10-4-2-3-9-17/h5-8H,2-4,9-14H2,1H3. The predicted molar refractivity (Wildman–Crippen MR) is 86.2 cm³/mol. The molecule has 0 atom stereocenters. The van der Waals surface area contributed by atoms with Gasteiger partial charge < -0.3 is 9.64 Å². The summed E-state index contributed by atoms with van der Waals surface area (Å²) in [6.45, 7) is 5.76. The van der Waals surface area contributed by atoms with E-state index in [2.05, 4.69) is 21.9 Å². The molecule has 0 bridgehead atoms. The molecular weight excluding hydrogens is 272 g/mol. The summed E-state index contributed by atoms with van der Waals surface area (Å²) in [5.74, 6) is 1.72. The molecule has 0 aromatic heterocycles. The number of rotatable bonds is 7. The largest absolute Gasteiger partial charge is 0.497 e. The van der Waals surface area contributed by atoms with E-state index in [-0.39, 0.29) is 0 Å². The number of nitrogens with zero attached hydrogens (tertiary/aromatic N) is 2. The fourth-order valence-electron chi connectivity index (χ4n) is 2.63. The Bertz CT molecular complexity index is 375. The van der Waals surface area contributed by atoms with Crippen LogP contribution in [0.25, 0.3) is 0 Å². The van der Waals surface area contributed by atoms with Gasteiger partial charge in [0, 0.05) is 37.7 Å². The number of piperazine rings is 1. The third-order valence-electron chi connectivity index (χ3n) is 3.92. The van der Waals surface area contributed by atoms with Gasteiger partial charge in [-0.05, 0) is 43.7 Å². The zero-order valence-corrected chi connectivity index (χ0v) is 13.1.